The molecule has 26 heavy (non-hydrogen) atoms. The molecule has 132 valence electrons. The van der Waals surface area contributed by atoms with E-state index in [2.05, 4.69) is 5.16 Å². The summed E-state index contributed by atoms with van der Waals surface area (Å²) in [6.45, 7) is 0.655. The van der Waals surface area contributed by atoms with Crippen LogP contribution in [0.5, 0.6) is 0 Å². The van der Waals surface area contributed by atoms with Crippen LogP contribution >= 0.6 is 0 Å². The molecule has 7 heteroatoms. The highest BCUT2D eigenvalue weighted by Crippen LogP contribution is 2.23. The van der Waals surface area contributed by atoms with Gasteiger partial charge in [0.25, 0.3) is 0 Å². The van der Waals surface area contributed by atoms with Crippen molar-refractivity contribution in [1.82, 2.24) is 5.16 Å². The van der Waals surface area contributed by atoms with Crippen LogP contribution in [0.15, 0.2) is 57.7 Å². The highest BCUT2D eigenvalue weighted by molar-refractivity contribution is 5.97. The van der Waals surface area contributed by atoms with Gasteiger partial charge in [-0.15, -0.1) is 0 Å². The fourth-order valence-corrected chi connectivity index (χ4v) is 2.86. The van der Waals surface area contributed by atoms with E-state index in [0.717, 1.165) is 6.42 Å². The third kappa shape index (κ3) is 3.23. The number of rotatable bonds is 5. The van der Waals surface area contributed by atoms with Gasteiger partial charge in [-0.2, -0.15) is 0 Å². The lowest BCUT2D eigenvalue weighted by molar-refractivity contribution is -0.117. The summed E-state index contributed by atoms with van der Waals surface area (Å²) in [5.74, 6) is 0.610. The Hall–Kier alpha value is -3.35. The molecule has 2 aromatic heterocycles. The second-order valence-electron chi connectivity index (χ2n) is 5.94. The van der Waals surface area contributed by atoms with Gasteiger partial charge in [0.1, 0.15) is 12.3 Å². The molecule has 1 aromatic carbocycles. The van der Waals surface area contributed by atoms with Crippen LogP contribution in [0, 0.1) is 0 Å². The van der Waals surface area contributed by atoms with E-state index in [0.29, 0.717) is 41.4 Å². The molecule has 0 unspecified atom stereocenters. The van der Waals surface area contributed by atoms with Gasteiger partial charge in [0.2, 0.25) is 11.7 Å². The van der Waals surface area contributed by atoms with Crippen molar-refractivity contribution in [1.29, 1.82) is 0 Å². The minimum absolute atomic E-state index is 0.0179. The van der Waals surface area contributed by atoms with Crippen LogP contribution in [-0.2, 0) is 16.1 Å². The van der Waals surface area contributed by atoms with E-state index in [1.54, 1.807) is 41.3 Å². The SMILES string of the molecule is O=C(OCc1cc(-c2ccco2)on1)c1cccc(N2CCCC2=O)c1. The monoisotopic (exact) mass is 352 g/mol. The van der Waals surface area contributed by atoms with Gasteiger partial charge in [0.15, 0.2) is 5.76 Å². The third-order valence-corrected chi connectivity index (χ3v) is 4.14. The lowest BCUT2D eigenvalue weighted by Gasteiger charge is -2.16. The molecule has 0 bridgehead atoms. The van der Waals surface area contributed by atoms with Crippen LogP contribution in [0.1, 0.15) is 28.9 Å². The Bertz CT molecular complexity index is 929. The van der Waals surface area contributed by atoms with Crippen molar-refractivity contribution in [2.75, 3.05) is 11.4 Å². The average Bonchev–Trinajstić information content (AvgIpc) is 3.40. The molecule has 0 radical (unpaired) electrons. The van der Waals surface area contributed by atoms with E-state index < -0.39 is 5.97 Å². The molecule has 1 amide bonds. The van der Waals surface area contributed by atoms with Crippen LogP contribution in [0.2, 0.25) is 0 Å². The third-order valence-electron chi connectivity index (χ3n) is 4.14. The Labute approximate surface area is 149 Å². The number of amides is 1. The van der Waals surface area contributed by atoms with E-state index >= 15 is 0 Å². The summed E-state index contributed by atoms with van der Waals surface area (Å²) < 4.78 is 15.7. The standard InChI is InChI=1S/C19H16N2O5/c22-18-7-2-8-21(18)15-5-1-4-13(10-15)19(23)25-12-14-11-17(26-20-14)16-6-3-9-24-16/h1,3-6,9-11H,2,7-8,12H2. The molecule has 3 aromatic rings. The average molecular weight is 352 g/mol. The van der Waals surface area contributed by atoms with Crippen molar-refractivity contribution in [3.8, 4) is 11.5 Å². The molecule has 0 saturated carbocycles. The minimum Gasteiger partial charge on any atom is -0.461 e. The van der Waals surface area contributed by atoms with Gasteiger partial charge in [-0.3, -0.25) is 4.79 Å². The van der Waals surface area contributed by atoms with Gasteiger partial charge in [0.05, 0.1) is 11.8 Å². The molecule has 1 saturated heterocycles. The van der Waals surface area contributed by atoms with Gasteiger partial charge in [-0.05, 0) is 36.8 Å². The molecule has 1 aliphatic rings. The summed E-state index contributed by atoms with van der Waals surface area (Å²) in [6.07, 6.45) is 2.91. The zero-order valence-corrected chi connectivity index (χ0v) is 13.9. The number of carbonyl (C=O) groups excluding carboxylic acids is 2. The maximum Gasteiger partial charge on any atom is 0.338 e. The maximum atomic E-state index is 12.3. The Morgan fingerprint density at radius 3 is 2.88 bits per heavy atom. The van der Waals surface area contributed by atoms with Crippen LogP contribution in [0.3, 0.4) is 0 Å². The van der Waals surface area contributed by atoms with Crippen LogP contribution in [0.4, 0.5) is 5.69 Å². The fourth-order valence-electron chi connectivity index (χ4n) is 2.86. The fraction of sp³-hybridized carbons (Fsp3) is 0.211. The van der Waals surface area contributed by atoms with Crippen LogP contribution < -0.4 is 4.90 Å². The molecule has 0 N–H and O–H groups in total. The summed E-state index contributed by atoms with van der Waals surface area (Å²) in [4.78, 5) is 25.8. The van der Waals surface area contributed by atoms with E-state index in [-0.39, 0.29) is 12.5 Å². The predicted molar refractivity (Wildman–Crippen MR) is 91.4 cm³/mol. The van der Waals surface area contributed by atoms with Gasteiger partial charge < -0.3 is 18.6 Å². The lowest BCUT2D eigenvalue weighted by atomic mass is 10.2. The summed E-state index contributed by atoms with van der Waals surface area (Å²) in [5.41, 5.74) is 1.58. The number of anilines is 1. The predicted octanol–water partition coefficient (Wildman–Crippen LogP) is 3.42. The zero-order chi connectivity index (χ0) is 17.9. The summed E-state index contributed by atoms with van der Waals surface area (Å²) in [7, 11) is 0. The van der Waals surface area contributed by atoms with Crippen molar-refractivity contribution in [3.05, 3.63) is 60.0 Å². The summed E-state index contributed by atoms with van der Waals surface area (Å²) >= 11 is 0. The topological polar surface area (TPSA) is 85.8 Å². The molecule has 7 nitrogen and oxygen atoms in total. The molecule has 4 rings (SSSR count). The lowest BCUT2D eigenvalue weighted by Crippen LogP contribution is -2.23. The molecule has 0 spiro atoms. The highest BCUT2D eigenvalue weighted by Gasteiger charge is 2.22. The normalized spacial score (nSPS) is 14.0. The number of carbonyl (C=O) groups is 2. The van der Waals surface area contributed by atoms with Crippen LogP contribution in [0.25, 0.3) is 11.5 Å². The van der Waals surface area contributed by atoms with Gasteiger partial charge in [-0.1, -0.05) is 11.2 Å². The number of ether oxygens (including phenoxy) is 1. The first-order valence-electron chi connectivity index (χ1n) is 8.28. The van der Waals surface area contributed by atoms with Crippen molar-refractivity contribution in [2.45, 2.75) is 19.4 Å². The number of hydrogen-bond acceptors (Lipinski definition) is 6. The number of esters is 1. The molecule has 3 heterocycles. The minimum atomic E-state index is -0.485. The van der Waals surface area contributed by atoms with E-state index in [9.17, 15) is 9.59 Å². The number of nitrogens with zero attached hydrogens (tertiary/aromatic N) is 2. The van der Waals surface area contributed by atoms with Crippen molar-refractivity contribution in [3.63, 3.8) is 0 Å². The Morgan fingerprint density at radius 1 is 1.19 bits per heavy atom. The molecular formula is C19H16N2O5. The molecule has 1 fully saturated rings. The largest absolute Gasteiger partial charge is 0.461 e. The van der Waals surface area contributed by atoms with Gasteiger partial charge in [0, 0.05) is 24.7 Å². The Morgan fingerprint density at radius 2 is 2.12 bits per heavy atom. The van der Waals surface area contributed by atoms with Crippen molar-refractivity contribution >= 4 is 17.6 Å². The first-order valence-corrected chi connectivity index (χ1v) is 8.28. The van der Waals surface area contributed by atoms with E-state index in [4.69, 9.17) is 13.7 Å². The van der Waals surface area contributed by atoms with Gasteiger partial charge >= 0.3 is 5.97 Å². The molecule has 0 atom stereocenters. The second-order valence-corrected chi connectivity index (χ2v) is 5.94. The quantitative estimate of drug-likeness (QED) is 0.654. The highest BCUT2D eigenvalue weighted by atomic mass is 16.5. The molecule has 1 aliphatic heterocycles. The second kappa shape index (κ2) is 6.87. The number of benzene rings is 1. The van der Waals surface area contributed by atoms with E-state index in [1.807, 2.05) is 6.07 Å². The first kappa shape index (κ1) is 16.1. The summed E-state index contributed by atoms with van der Waals surface area (Å²) in [6, 6.07) is 12.0. The summed E-state index contributed by atoms with van der Waals surface area (Å²) in [5, 5.41) is 3.86. The number of aromatic nitrogens is 1. The number of hydrogen-bond donors (Lipinski definition) is 0. The number of furan rings is 1. The van der Waals surface area contributed by atoms with Crippen molar-refractivity contribution in [2.24, 2.45) is 0 Å². The first-order chi connectivity index (χ1) is 12.7. The smallest absolute Gasteiger partial charge is 0.338 e. The Kier molecular flexibility index (Phi) is 4.27. The van der Waals surface area contributed by atoms with Gasteiger partial charge in [-0.25, -0.2) is 4.79 Å². The van der Waals surface area contributed by atoms with E-state index in [1.165, 1.54) is 6.26 Å². The van der Waals surface area contributed by atoms with Crippen molar-refractivity contribution < 1.29 is 23.3 Å². The maximum absolute atomic E-state index is 12.3. The molecular weight excluding hydrogens is 336 g/mol. The van der Waals surface area contributed by atoms with Crippen LogP contribution in [-0.4, -0.2) is 23.6 Å². The Balaban J connectivity index is 1.41. The zero-order valence-electron chi connectivity index (χ0n) is 13.9. The molecule has 0 aliphatic carbocycles.